The highest BCUT2D eigenvalue weighted by Crippen LogP contribution is 2.23. The van der Waals surface area contributed by atoms with Gasteiger partial charge in [0.1, 0.15) is 0 Å². The molecule has 1 aromatic heterocycles. The summed E-state index contributed by atoms with van der Waals surface area (Å²) in [6.45, 7) is 0.666. The van der Waals surface area contributed by atoms with Crippen molar-refractivity contribution in [3.8, 4) is 6.07 Å². The predicted octanol–water partition coefficient (Wildman–Crippen LogP) is 4.49. The molecule has 3 aromatic rings. The van der Waals surface area contributed by atoms with Gasteiger partial charge in [-0.1, -0.05) is 41.9 Å². The maximum absolute atomic E-state index is 8.88. The molecule has 0 aliphatic heterocycles. The fourth-order valence-electron chi connectivity index (χ4n) is 2.54. The Balaban J connectivity index is 1.83. The smallest absolute Gasteiger partial charge is 0.0991 e. The van der Waals surface area contributed by atoms with E-state index in [-0.39, 0.29) is 6.04 Å². The van der Waals surface area contributed by atoms with Crippen LogP contribution in [0.4, 0.5) is 0 Å². The Hall–Kier alpha value is -2.67. The first-order valence-electron chi connectivity index (χ1n) is 7.65. The van der Waals surface area contributed by atoms with E-state index in [9.17, 15) is 0 Å². The van der Waals surface area contributed by atoms with Gasteiger partial charge in [0.25, 0.3) is 0 Å². The van der Waals surface area contributed by atoms with Gasteiger partial charge >= 0.3 is 0 Å². The highest BCUT2D eigenvalue weighted by atomic mass is 35.5. The molecule has 4 heteroatoms. The SMILES string of the molecule is N#Cc1ccc(CNC(c2cccc(Cl)c2)c2ccccn2)cc1. The molecule has 0 aliphatic rings. The zero-order valence-electron chi connectivity index (χ0n) is 13.0. The van der Waals surface area contributed by atoms with E-state index in [2.05, 4.69) is 16.4 Å². The van der Waals surface area contributed by atoms with E-state index < -0.39 is 0 Å². The van der Waals surface area contributed by atoms with Gasteiger partial charge in [-0.15, -0.1) is 0 Å². The number of aromatic nitrogens is 1. The van der Waals surface area contributed by atoms with Crippen molar-refractivity contribution in [2.75, 3.05) is 0 Å². The van der Waals surface area contributed by atoms with Crippen molar-refractivity contribution in [2.45, 2.75) is 12.6 Å². The molecule has 0 bridgehead atoms. The van der Waals surface area contributed by atoms with Crippen molar-refractivity contribution in [2.24, 2.45) is 0 Å². The van der Waals surface area contributed by atoms with Crippen LogP contribution in [-0.2, 0) is 6.54 Å². The van der Waals surface area contributed by atoms with Crippen molar-refractivity contribution in [1.29, 1.82) is 5.26 Å². The summed E-state index contributed by atoms with van der Waals surface area (Å²) in [5.74, 6) is 0. The Morgan fingerprint density at radius 1 is 1.04 bits per heavy atom. The number of benzene rings is 2. The van der Waals surface area contributed by atoms with E-state index >= 15 is 0 Å². The number of nitriles is 1. The number of nitrogens with one attached hydrogen (secondary N) is 1. The molecule has 1 unspecified atom stereocenters. The average Bonchev–Trinajstić information content (AvgIpc) is 2.63. The van der Waals surface area contributed by atoms with Gasteiger partial charge in [0.2, 0.25) is 0 Å². The fraction of sp³-hybridized carbons (Fsp3) is 0.100. The number of halogens is 1. The number of nitrogens with zero attached hydrogens (tertiary/aromatic N) is 2. The van der Waals surface area contributed by atoms with Crippen molar-refractivity contribution in [3.05, 3.63) is 100 Å². The lowest BCUT2D eigenvalue weighted by Crippen LogP contribution is -2.23. The largest absolute Gasteiger partial charge is 0.301 e. The van der Waals surface area contributed by atoms with Gasteiger partial charge in [0.05, 0.1) is 23.4 Å². The second-order valence-corrected chi connectivity index (χ2v) is 5.87. The van der Waals surface area contributed by atoms with Crippen LogP contribution in [0.2, 0.25) is 5.02 Å². The Kier molecular flexibility index (Phi) is 5.22. The summed E-state index contributed by atoms with van der Waals surface area (Å²) in [5.41, 5.74) is 3.77. The first-order valence-corrected chi connectivity index (χ1v) is 8.03. The van der Waals surface area contributed by atoms with Crippen molar-refractivity contribution in [1.82, 2.24) is 10.3 Å². The number of hydrogen-bond donors (Lipinski definition) is 1. The third-order valence-electron chi connectivity index (χ3n) is 3.76. The Bertz CT molecular complexity index is 839. The minimum atomic E-state index is -0.0551. The zero-order chi connectivity index (χ0) is 16.8. The topological polar surface area (TPSA) is 48.7 Å². The lowest BCUT2D eigenvalue weighted by Gasteiger charge is -2.19. The summed E-state index contributed by atoms with van der Waals surface area (Å²) in [6, 6.07) is 23.3. The molecule has 2 aromatic carbocycles. The molecule has 24 heavy (non-hydrogen) atoms. The molecule has 0 amide bonds. The molecule has 0 aliphatic carbocycles. The Labute approximate surface area is 146 Å². The number of rotatable bonds is 5. The summed E-state index contributed by atoms with van der Waals surface area (Å²) >= 11 is 6.15. The molecule has 3 rings (SSSR count). The van der Waals surface area contributed by atoms with Crippen LogP contribution in [0.25, 0.3) is 0 Å². The van der Waals surface area contributed by atoms with Crippen molar-refractivity contribution < 1.29 is 0 Å². The molecule has 1 atom stereocenters. The van der Waals surface area contributed by atoms with Crippen LogP contribution in [-0.4, -0.2) is 4.98 Å². The maximum Gasteiger partial charge on any atom is 0.0991 e. The highest BCUT2D eigenvalue weighted by Gasteiger charge is 2.15. The maximum atomic E-state index is 8.88. The molecular formula is C20H16ClN3. The molecule has 0 spiro atoms. The third kappa shape index (κ3) is 3.99. The molecule has 0 radical (unpaired) electrons. The van der Waals surface area contributed by atoms with Crippen LogP contribution in [0.3, 0.4) is 0 Å². The summed E-state index contributed by atoms with van der Waals surface area (Å²) in [5, 5.41) is 13.1. The quantitative estimate of drug-likeness (QED) is 0.748. The van der Waals surface area contributed by atoms with Crippen LogP contribution < -0.4 is 5.32 Å². The van der Waals surface area contributed by atoms with Crippen LogP contribution in [0.5, 0.6) is 0 Å². The third-order valence-corrected chi connectivity index (χ3v) is 3.99. The zero-order valence-corrected chi connectivity index (χ0v) is 13.7. The van der Waals surface area contributed by atoms with Crippen LogP contribution in [0, 0.1) is 11.3 Å². The van der Waals surface area contributed by atoms with Gasteiger partial charge in [-0.05, 0) is 47.5 Å². The van der Waals surface area contributed by atoms with Crippen LogP contribution in [0.15, 0.2) is 72.9 Å². The molecule has 0 fully saturated rings. The van der Waals surface area contributed by atoms with Crippen LogP contribution >= 0.6 is 11.6 Å². The Morgan fingerprint density at radius 2 is 1.88 bits per heavy atom. The lowest BCUT2D eigenvalue weighted by molar-refractivity contribution is 0.592. The first-order chi connectivity index (χ1) is 11.8. The van der Waals surface area contributed by atoms with Gasteiger partial charge in [-0.2, -0.15) is 5.26 Å². The molecule has 3 nitrogen and oxygen atoms in total. The van der Waals surface area contributed by atoms with Crippen LogP contribution in [0.1, 0.15) is 28.4 Å². The minimum Gasteiger partial charge on any atom is -0.301 e. The summed E-state index contributed by atoms with van der Waals surface area (Å²) in [7, 11) is 0. The summed E-state index contributed by atoms with van der Waals surface area (Å²) in [6.07, 6.45) is 1.79. The second kappa shape index (κ2) is 7.74. The van der Waals surface area contributed by atoms with Gasteiger partial charge in [-0.25, -0.2) is 0 Å². The number of pyridine rings is 1. The normalized spacial score (nSPS) is 11.7. The van der Waals surface area contributed by atoms with Crippen molar-refractivity contribution in [3.63, 3.8) is 0 Å². The second-order valence-electron chi connectivity index (χ2n) is 5.43. The van der Waals surface area contributed by atoms with E-state index in [1.54, 1.807) is 6.20 Å². The lowest BCUT2D eigenvalue weighted by atomic mass is 10.0. The van der Waals surface area contributed by atoms with E-state index in [4.69, 9.17) is 16.9 Å². The van der Waals surface area contributed by atoms with Crippen molar-refractivity contribution >= 4 is 11.6 Å². The van der Waals surface area contributed by atoms with Gasteiger partial charge < -0.3 is 5.32 Å². The van der Waals surface area contributed by atoms with Gasteiger partial charge in [0, 0.05) is 17.8 Å². The standard InChI is InChI=1S/C20H16ClN3/c21-18-5-3-4-17(12-18)20(19-6-1-2-11-23-19)24-14-16-9-7-15(13-22)8-10-16/h1-12,20,24H,14H2. The first kappa shape index (κ1) is 16.2. The summed E-state index contributed by atoms with van der Waals surface area (Å²) < 4.78 is 0. The molecule has 1 heterocycles. The molecule has 0 saturated heterocycles. The van der Waals surface area contributed by atoms with Gasteiger partial charge in [0.15, 0.2) is 0 Å². The monoisotopic (exact) mass is 333 g/mol. The molecular weight excluding hydrogens is 318 g/mol. The van der Waals surface area contributed by atoms with E-state index in [0.717, 1.165) is 16.8 Å². The Morgan fingerprint density at radius 3 is 2.54 bits per heavy atom. The molecule has 118 valence electrons. The highest BCUT2D eigenvalue weighted by molar-refractivity contribution is 6.30. The molecule has 0 saturated carbocycles. The molecule has 1 N–H and O–H groups in total. The fourth-order valence-corrected chi connectivity index (χ4v) is 2.74. The predicted molar refractivity (Wildman–Crippen MR) is 95.5 cm³/mol. The number of hydrogen-bond acceptors (Lipinski definition) is 3. The van der Waals surface area contributed by atoms with E-state index in [0.29, 0.717) is 17.1 Å². The minimum absolute atomic E-state index is 0.0551. The average molecular weight is 334 g/mol. The van der Waals surface area contributed by atoms with Gasteiger partial charge in [-0.3, -0.25) is 4.98 Å². The van der Waals surface area contributed by atoms with E-state index in [1.165, 1.54) is 0 Å². The van der Waals surface area contributed by atoms with E-state index in [1.807, 2.05) is 66.7 Å². The summed E-state index contributed by atoms with van der Waals surface area (Å²) in [4.78, 5) is 4.48.